The molecule has 3 heterocycles. The number of piperidine rings is 2. The van der Waals surface area contributed by atoms with E-state index in [-0.39, 0.29) is 18.7 Å². The molecular weight excluding hydrogens is 348 g/mol. The van der Waals surface area contributed by atoms with Crippen molar-refractivity contribution in [1.29, 1.82) is 0 Å². The number of anilines is 1. The summed E-state index contributed by atoms with van der Waals surface area (Å²) in [6.07, 6.45) is 2.30. The molecule has 3 N–H and O–H groups in total. The molecule has 2 fully saturated rings. The lowest BCUT2D eigenvalue weighted by atomic mass is 9.96. The second-order valence-electron chi connectivity index (χ2n) is 7.34. The third-order valence-electron chi connectivity index (χ3n) is 5.64. The molecule has 3 aliphatic heterocycles. The predicted octanol–water partition coefficient (Wildman–Crippen LogP) is 0.263. The number of hydrogen-bond donors (Lipinski definition) is 2. The average molecular weight is 370 g/mol. The van der Waals surface area contributed by atoms with Crippen LogP contribution in [0.1, 0.15) is 46.4 Å². The molecule has 8 heteroatoms. The SMILES string of the molecule is NCC1CCCN(c2cccc3c2C(=O)N(C2CCC(=O)NC2=O)C3=O)C1. The highest BCUT2D eigenvalue weighted by atomic mass is 16.2. The van der Waals surface area contributed by atoms with Gasteiger partial charge < -0.3 is 10.6 Å². The van der Waals surface area contributed by atoms with Crippen LogP contribution in [0, 0.1) is 5.92 Å². The Morgan fingerprint density at radius 3 is 2.67 bits per heavy atom. The van der Waals surface area contributed by atoms with Crippen LogP contribution < -0.4 is 16.0 Å². The lowest BCUT2D eigenvalue weighted by molar-refractivity contribution is -0.136. The molecule has 2 saturated heterocycles. The summed E-state index contributed by atoms with van der Waals surface area (Å²) in [6, 6.07) is 4.28. The Labute approximate surface area is 156 Å². The number of nitrogens with one attached hydrogen (secondary N) is 1. The molecule has 4 rings (SSSR count). The highest BCUT2D eigenvalue weighted by Gasteiger charge is 2.46. The van der Waals surface area contributed by atoms with Gasteiger partial charge in [0.05, 0.1) is 16.8 Å². The minimum absolute atomic E-state index is 0.112. The lowest BCUT2D eigenvalue weighted by Crippen LogP contribution is -2.54. The largest absolute Gasteiger partial charge is 0.371 e. The summed E-state index contributed by atoms with van der Waals surface area (Å²) in [5.74, 6) is -1.56. The third kappa shape index (κ3) is 2.90. The van der Waals surface area contributed by atoms with Crippen LogP contribution in [0.15, 0.2) is 18.2 Å². The van der Waals surface area contributed by atoms with Crippen molar-refractivity contribution in [1.82, 2.24) is 10.2 Å². The van der Waals surface area contributed by atoms with Crippen LogP contribution in [-0.4, -0.2) is 54.2 Å². The van der Waals surface area contributed by atoms with E-state index in [4.69, 9.17) is 5.73 Å². The van der Waals surface area contributed by atoms with Gasteiger partial charge >= 0.3 is 0 Å². The van der Waals surface area contributed by atoms with Gasteiger partial charge in [0.25, 0.3) is 11.8 Å². The summed E-state index contributed by atoms with van der Waals surface area (Å²) in [5.41, 5.74) is 7.21. The zero-order valence-electron chi connectivity index (χ0n) is 14.9. The molecule has 0 saturated carbocycles. The molecule has 142 valence electrons. The fourth-order valence-electron chi connectivity index (χ4n) is 4.24. The molecule has 0 aromatic heterocycles. The quantitative estimate of drug-likeness (QED) is 0.738. The number of nitrogens with two attached hydrogens (primary N) is 1. The van der Waals surface area contributed by atoms with Crippen LogP contribution >= 0.6 is 0 Å². The first-order chi connectivity index (χ1) is 13.0. The molecule has 1 aromatic rings. The molecule has 3 aliphatic rings. The standard InChI is InChI=1S/C19H22N4O4/c20-9-11-3-2-8-22(10-11)13-5-1-4-12-16(13)19(27)23(18(12)26)14-6-7-15(24)21-17(14)25/h1,4-5,11,14H,2-3,6-10,20H2,(H,21,24,25). The Bertz CT molecular complexity index is 837. The van der Waals surface area contributed by atoms with Crippen molar-refractivity contribution >= 4 is 29.3 Å². The highest BCUT2D eigenvalue weighted by molar-refractivity contribution is 6.25. The van der Waals surface area contributed by atoms with Gasteiger partial charge in [-0.2, -0.15) is 0 Å². The molecule has 0 radical (unpaired) electrons. The average Bonchev–Trinajstić information content (AvgIpc) is 2.93. The van der Waals surface area contributed by atoms with E-state index < -0.39 is 23.8 Å². The van der Waals surface area contributed by atoms with Crippen molar-refractivity contribution < 1.29 is 19.2 Å². The molecule has 27 heavy (non-hydrogen) atoms. The maximum atomic E-state index is 13.1. The van der Waals surface area contributed by atoms with Crippen molar-refractivity contribution in [2.45, 2.75) is 31.7 Å². The van der Waals surface area contributed by atoms with Crippen molar-refractivity contribution in [3.8, 4) is 0 Å². The minimum atomic E-state index is -0.943. The van der Waals surface area contributed by atoms with Crippen molar-refractivity contribution in [2.24, 2.45) is 11.7 Å². The van der Waals surface area contributed by atoms with Gasteiger partial charge in [0.15, 0.2) is 0 Å². The van der Waals surface area contributed by atoms with E-state index in [9.17, 15) is 19.2 Å². The van der Waals surface area contributed by atoms with Gasteiger partial charge in [0, 0.05) is 19.5 Å². The first-order valence-electron chi connectivity index (χ1n) is 9.31. The fourth-order valence-corrected chi connectivity index (χ4v) is 4.24. The molecule has 2 unspecified atom stereocenters. The monoisotopic (exact) mass is 370 g/mol. The van der Waals surface area contributed by atoms with Gasteiger partial charge in [-0.25, -0.2) is 0 Å². The van der Waals surface area contributed by atoms with Gasteiger partial charge in [-0.15, -0.1) is 0 Å². The highest BCUT2D eigenvalue weighted by Crippen LogP contribution is 2.35. The first-order valence-corrected chi connectivity index (χ1v) is 9.31. The molecular formula is C19H22N4O4. The van der Waals surface area contributed by atoms with Crippen LogP contribution in [0.2, 0.25) is 0 Å². The predicted molar refractivity (Wildman–Crippen MR) is 97.1 cm³/mol. The number of rotatable bonds is 3. The van der Waals surface area contributed by atoms with E-state index in [0.29, 0.717) is 23.6 Å². The van der Waals surface area contributed by atoms with E-state index in [2.05, 4.69) is 10.2 Å². The van der Waals surface area contributed by atoms with Gasteiger partial charge in [0.2, 0.25) is 11.8 Å². The molecule has 1 aromatic carbocycles. The maximum absolute atomic E-state index is 13.1. The first kappa shape index (κ1) is 17.7. The molecule has 0 aliphatic carbocycles. The number of hydrogen-bond acceptors (Lipinski definition) is 6. The summed E-state index contributed by atoms with van der Waals surface area (Å²) in [4.78, 5) is 52.7. The van der Waals surface area contributed by atoms with Crippen molar-refractivity contribution in [3.63, 3.8) is 0 Å². The maximum Gasteiger partial charge on any atom is 0.264 e. The molecule has 0 spiro atoms. The van der Waals surface area contributed by atoms with E-state index in [1.807, 2.05) is 6.07 Å². The second-order valence-corrected chi connectivity index (χ2v) is 7.34. The number of carbonyl (C=O) groups excluding carboxylic acids is 4. The number of imide groups is 2. The second kappa shape index (κ2) is 6.77. The summed E-state index contributed by atoms with van der Waals surface area (Å²) >= 11 is 0. The number of carbonyl (C=O) groups is 4. The Kier molecular flexibility index (Phi) is 4.43. The van der Waals surface area contributed by atoms with Crippen LogP contribution in [-0.2, 0) is 9.59 Å². The topological polar surface area (TPSA) is 113 Å². The van der Waals surface area contributed by atoms with E-state index in [1.165, 1.54) is 0 Å². The lowest BCUT2D eigenvalue weighted by Gasteiger charge is -2.34. The minimum Gasteiger partial charge on any atom is -0.371 e. The van der Waals surface area contributed by atoms with E-state index >= 15 is 0 Å². The summed E-state index contributed by atoms with van der Waals surface area (Å²) in [6.45, 7) is 2.13. The Balaban J connectivity index is 1.67. The number of amides is 4. The molecule has 2 atom stereocenters. The van der Waals surface area contributed by atoms with Crippen LogP contribution in [0.5, 0.6) is 0 Å². The van der Waals surface area contributed by atoms with Crippen molar-refractivity contribution in [3.05, 3.63) is 29.3 Å². The molecule has 0 bridgehead atoms. The zero-order chi connectivity index (χ0) is 19.1. The fraction of sp³-hybridized carbons (Fsp3) is 0.474. The summed E-state index contributed by atoms with van der Waals surface area (Å²) in [7, 11) is 0. The Hall–Kier alpha value is -2.74. The number of fused-ring (bicyclic) bond motifs is 1. The van der Waals surface area contributed by atoms with Gasteiger partial charge in [-0.3, -0.25) is 29.4 Å². The smallest absolute Gasteiger partial charge is 0.264 e. The normalized spacial score (nSPS) is 25.7. The van der Waals surface area contributed by atoms with Crippen LogP contribution in [0.4, 0.5) is 5.69 Å². The number of nitrogens with zero attached hydrogens (tertiary/aromatic N) is 2. The van der Waals surface area contributed by atoms with Gasteiger partial charge in [-0.05, 0) is 43.9 Å². The van der Waals surface area contributed by atoms with Crippen LogP contribution in [0.3, 0.4) is 0 Å². The van der Waals surface area contributed by atoms with Crippen LogP contribution in [0.25, 0.3) is 0 Å². The van der Waals surface area contributed by atoms with Crippen molar-refractivity contribution in [2.75, 3.05) is 24.5 Å². The zero-order valence-corrected chi connectivity index (χ0v) is 14.9. The molecule has 8 nitrogen and oxygen atoms in total. The third-order valence-corrected chi connectivity index (χ3v) is 5.64. The van der Waals surface area contributed by atoms with Gasteiger partial charge in [-0.1, -0.05) is 6.07 Å². The number of benzene rings is 1. The summed E-state index contributed by atoms with van der Waals surface area (Å²) < 4.78 is 0. The van der Waals surface area contributed by atoms with E-state index in [1.54, 1.807) is 12.1 Å². The Morgan fingerprint density at radius 2 is 1.93 bits per heavy atom. The van der Waals surface area contributed by atoms with E-state index in [0.717, 1.165) is 36.5 Å². The molecule has 4 amide bonds. The van der Waals surface area contributed by atoms with Gasteiger partial charge in [0.1, 0.15) is 6.04 Å². The Morgan fingerprint density at radius 1 is 1.11 bits per heavy atom. The summed E-state index contributed by atoms with van der Waals surface area (Å²) in [5, 5.41) is 2.22.